The van der Waals surface area contributed by atoms with Crippen LogP contribution in [0.4, 0.5) is 0 Å². The van der Waals surface area contributed by atoms with Gasteiger partial charge in [-0.05, 0) is 0 Å². The van der Waals surface area contributed by atoms with E-state index in [9.17, 15) is 0 Å². The third-order valence-electron chi connectivity index (χ3n) is 12.8. The van der Waals surface area contributed by atoms with E-state index in [0.717, 1.165) is 23.0 Å². The van der Waals surface area contributed by atoms with Crippen LogP contribution in [0.3, 0.4) is 0 Å². The van der Waals surface area contributed by atoms with E-state index in [1.165, 1.54) is 89.0 Å². The van der Waals surface area contributed by atoms with Crippen molar-refractivity contribution in [3.63, 3.8) is 0 Å². The van der Waals surface area contributed by atoms with Gasteiger partial charge in [-0.15, -0.1) is 0 Å². The summed E-state index contributed by atoms with van der Waals surface area (Å²) in [7, 11) is 0. The van der Waals surface area contributed by atoms with Gasteiger partial charge in [-0.2, -0.15) is 0 Å². The summed E-state index contributed by atoms with van der Waals surface area (Å²) in [5, 5.41) is 0. The molecule has 0 saturated heterocycles. The van der Waals surface area contributed by atoms with Crippen molar-refractivity contribution in [1.29, 1.82) is 0 Å². The van der Waals surface area contributed by atoms with Gasteiger partial charge in [0.15, 0.2) is 0 Å². The minimum atomic E-state index is -2.71. The van der Waals surface area contributed by atoms with Crippen LogP contribution in [0, 0.1) is 41.5 Å². The fourth-order valence-corrected chi connectivity index (χ4v) is 29.5. The van der Waals surface area contributed by atoms with Crippen LogP contribution in [0.2, 0.25) is 13.1 Å². The third-order valence-corrected chi connectivity index (χ3v) is 32.0. The molecule has 2 atom stereocenters. The van der Waals surface area contributed by atoms with Crippen LogP contribution < -0.4 is 0 Å². The van der Waals surface area contributed by atoms with E-state index in [-0.39, 0.29) is 10.8 Å². The number of hydrogen-bond donors (Lipinski definition) is 0. The van der Waals surface area contributed by atoms with Crippen LogP contribution in [0.15, 0.2) is 93.8 Å². The first kappa shape index (κ1) is 40.8. The number of aryl methyl sites for hydroxylation is 6. The van der Waals surface area contributed by atoms with Crippen LogP contribution in [0.25, 0.3) is 45.6 Å². The second kappa shape index (κ2) is 14.9. The molecular formula is C54H60O2SiZr. The van der Waals surface area contributed by atoms with Crippen LogP contribution in [0.1, 0.15) is 127 Å². The van der Waals surface area contributed by atoms with Crippen molar-refractivity contribution < 1.29 is 29.2 Å². The van der Waals surface area contributed by atoms with Crippen molar-refractivity contribution in [2.75, 3.05) is 0 Å². The van der Waals surface area contributed by atoms with E-state index >= 15 is 0 Å². The Balaban J connectivity index is 1.38. The van der Waals surface area contributed by atoms with E-state index < -0.39 is 25.8 Å². The maximum atomic E-state index is 6.64. The molecule has 0 fully saturated rings. The number of hydrogen-bond acceptors (Lipinski definition) is 2. The molecule has 2 aliphatic carbocycles. The predicted octanol–water partition coefficient (Wildman–Crippen LogP) is 15.4. The monoisotopic (exact) mass is 858 g/mol. The van der Waals surface area contributed by atoms with Gasteiger partial charge in [-0.3, -0.25) is 0 Å². The van der Waals surface area contributed by atoms with Crippen molar-refractivity contribution >= 4 is 28.7 Å². The summed E-state index contributed by atoms with van der Waals surface area (Å²) >= 11 is -2.71. The molecule has 8 rings (SSSR count). The average Bonchev–Trinajstić information content (AvgIpc) is 3.94. The molecule has 6 aromatic rings. The van der Waals surface area contributed by atoms with Crippen LogP contribution >= 0.6 is 0 Å². The average molecular weight is 860 g/mol. The van der Waals surface area contributed by atoms with Gasteiger partial charge in [-0.1, -0.05) is 0 Å². The minimum absolute atomic E-state index is 0.0937. The first-order valence-corrected chi connectivity index (χ1v) is 30.1. The topological polar surface area (TPSA) is 26.3 Å². The SMILES string of the molecule is Cc1ccc(C2=Cc3c(ccc(C)c3-c3ccc(C(C)(C)C)cc3C)[CH]2[Zr]([CH]2C(c3ccc(C)o3)=Cc3c2ccc(C)c3-c2ccc(C(C)(C)C)cc2C)=[Si](C)C)o1. The Morgan fingerprint density at radius 2 is 0.879 bits per heavy atom. The normalized spacial score (nSPS) is 16.3. The summed E-state index contributed by atoms with van der Waals surface area (Å²) in [6.45, 7) is 32.4. The van der Waals surface area contributed by atoms with Gasteiger partial charge in [0.2, 0.25) is 0 Å². The molecule has 58 heavy (non-hydrogen) atoms. The fourth-order valence-electron chi connectivity index (χ4n) is 9.67. The van der Waals surface area contributed by atoms with E-state index in [1.807, 2.05) is 0 Å². The molecule has 296 valence electrons. The molecule has 2 aromatic heterocycles. The fraction of sp³-hybridized carbons (Fsp3) is 0.333. The predicted molar refractivity (Wildman–Crippen MR) is 246 cm³/mol. The van der Waals surface area contributed by atoms with E-state index in [1.54, 1.807) is 0 Å². The zero-order valence-corrected chi connectivity index (χ0v) is 40.7. The molecule has 2 aliphatic rings. The first-order valence-electron chi connectivity index (χ1n) is 21.1. The Bertz CT molecular complexity index is 2540. The number of rotatable bonds is 6. The van der Waals surface area contributed by atoms with Crippen molar-refractivity contribution in [2.45, 2.75) is 114 Å². The third kappa shape index (κ3) is 7.11. The number of benzene rings is 4. The molecule has 0 spiro atoms. The van der Waals surface area contributed by atoms with Crippen LogP contribution in [-0.4, -0.2) is 5.43 Å². The summed E-state index contributed by atoms with van der Waals surface area (Å²) in [6, 6.07) is 32.8. The Labute approximate surface area is 355 Å². The Kier molecular flexibility index (Phi) is 10.5. The first-order chi connectivity index (χ1) is 27.3. The molecule has 2 unspecified atom stereocenters. The molecule has 4 aromatic carbocycles. The number of allylic oxidation sites excluding steroid dienone is 2. The maximum absolute atomic E-state index is 6.64. The standard InChI is InChI=1S/2C26H27O.C2H6Si.Zr/c2*1-16-7-9-19-14-20(24-12-8-18(3)27-24)15-23(19)25(16)22-11-10-21(13-17(22)2)26(4,5)6;1-3-2;/h2*7-15H,1-6H3;1-2H3;. The van der Waals surface area contributed by atoms with E-state index in [4.69, 9.17) is 8.83 Å². The van der Waals surface area contributed by atoms with Crippen LogP contribution in [-0.2, 0) is 31.2 Å². The van der Waals surface area contributed by atoms with E-state index in [2.05, 4.69) is 193 Å². The molecule has 0 radical (unpaired) electrons. The van der Waals surface area contributed by atoms with Crippen molar-refractivity contribution in [1.82, 2.24) is 0 Å². The van der Waals surface area contributed by atoms with Gasteiger partial charge in [0.25, 0.3) is 0 Å². The van der Waals surface area contributed by atoms with Crippen molar-refractivity contribution in [3.05, 3.63) is 164 Å². The number of fused-ring (bicyclic) bond motifs is 2. The van der Waals surface area contributed by atoms with Crippen molar-refractivity contribution in [2.24, 2.45) is 0 Å². The molecule has 2 heterocycles. The van der Waals surface area contributed by atoms with Gasteiger partial charge in [0, 0.05) is 0 Å². The summed E-state index contributed by atoms with van der Waals surface area (Å²) in [4.78, 5) is 0. The zero-order chi connectivity index (χ0) is 41.6. The van der Waals surface area contributed by atoms with Gasteiger partial charge in [0.05, 0.1) is 0 Å². The molecule has 0 saturated carbocycles. The van der Waals surface area contributed by atoms with Crippen molar-refractivity contribution in [3.8, 4) is 22.3 Å². The summed E-state index contributed by atoms with van der Waals surface area (Å²) in [6.07, 6.45) is 5.08. The summed E-state index contributed by atoms with van der Waals surface area (Å²) in [5.74, 6) is 3.98. The van der Waals surface area contributed by atoms with E-state index in [0.29, 0.717) is 7.25 Å². The molecule has 0 aliphatic heterocycles. The second-order valence-electron chi connectivity index (χ2n) is 19.4. The van der Waals surface area contributed by atoms with Gasteiger partial charge >= 0.3 is 358 Å². The quantitative estimate of drug-likeness (QED) is 0.156. The molecular weight excluding hydrogens is 800 g/mol. The number of furan rings is 2. The molecule has 0 amide bonds. The molecule has 4 heteroatoms. The van der Waals surface area contributed by atoms with Gasteiger partial charge in [-0.25, -0.2) is 0 Å². The molecule has 0 bridgehead atoms. The van der Waals surface area contributed by atoms with Gasteiger partial charge < -0.3 is 0 Å². The summed E-state index contributed by atoms with van der Waals surface area (Å²) in [5.41, 5.74) is 21.4. The van der Waals surface area contributed by atoms with Gasteiger partial charge in [0.1, 0.15) is 0 Å². The Hall–Kier alpha value is -3.98. The summed E-state index contributed by atoms with van der Waals surface area (Å²) < 4.78 is 13.9. The Morgan fingerprint density at radius 1 is 0.483 bits per heavy atom. The Morgan fingerprint density at radius 3 is 1.19 bits per heavy atom. The second-order valence-corrected chi connectivity index (χ2v) is 37.3. The molecule has 0 N–H and O–H groups in total. The molecule has 2 nitrogen and oxygen atoms in total. The van der Waals surface area contributed by atoms with Crippen LogP contribution in [0.5, 0.6) is 0 Å². The zero-order valence-electron chi connectivity index (χ0n) is 37.2.